The Morgan fingerprint density at radius 1 is 1.29 bits per heavy atom. The minimum atomic E-state index is -0.241. The Balaban J connectivity index is 1.44. The summed E-state index contributed by atoms with van der Waals surface area (Å²) in [6.07, 6.45) is 7.36. The number of nitrogens with zero attached hydrogens (tertiary/aromatic N) is 4. The van der Waals surface area contributed by atoms with E-state index in [0.29, 0.717) is 6.61 Å². The lowest BCUT2D eigenvalue weighted by molar-refractivity contribution is -0.142. The topological polar surface area (TPSA) is 68.2 Å². The maximum Gasteiger partial charge on any atom is 0.251 e. The van der Waals surface area contributed by atoms with Crippen LogP contribution in [0.25, 0.3) is 0 Å². The molecule has 2 saturated heterocycles. The number of thioether (sulfide) groups is 1. The van der Waals surface area contributed by atoms with E-state index in [9.17, 15) is 4.79 Å². The largest absolute Gasteiger partial charge is 0.368 e. The van der Waals surface area contributed by atoms with Crippen LogP contribution >= 0.6 is 11.8 Å². The average molecular weight is 399 g/mol. The van der Waals surface area contributed by atoms with Gasteiger partial charge in [-0.05, 0) is 50.3 Å². The van der Waals surface area contributed by atoms with Crippen molar-refractivity contribution in [3.8, 4) is 0 Å². The van der Waals surface area contributed by atoms with Gasteiger partial charge in [-0.15, -0.1) is 0 Å². The zero-order valence-electron chi connectivity index (χ0n) is 16.2. The molecule has 0 N–H and O–H groups in total. The fourth-order valence-electron chi connectivity index (χ4n) is 3.92. The number of carbonyl (C=O) groups is 1. The van der Waals surface area contributed by atoms with E-state index >= 15 is 0 Å². The van der Waals surface area contributed by atoms with Crippen molar-refractivity contribution < 1.29 is 9.53 Å². The first-order chi connectivity index (χ1) is 13.7. The van der Waals surface area contributed by atoms with Crippen molar-refractivity contribution >= 4 is 17.7 Å². The maximum absolute atomic E-state index is 12.7. The molecule has 6 nitrogen and oxygen atoms in total. The van der Waals surface area contributed by atoms with Crippen molar-refractivity contribution in [1.29, 1.82) is 0 Å². The summed E-state index contributed by atoms with van der Waals surface area (Å²) in [4.78, 5) is 28.4. The van der Waals surface area contributed by atoms with Crippen LogP contribution in [0, 0.1) is 6.92 Å². The molecular formula is C21H26N4O2S. The van der Waals surface area contributed by atoms with Gasteiger partial charge < -0.3 is 9.64 Å². The molecule has 2 aromatic rings. The molecule has 0 saturated carbocycles. The number of hydrogen-bond acceptors (Lipinski definition) is 6. The minimum absolute atomic E-state index is 0.152. The van der Waals surface area contributed by atoms with Crippen molar-refractivity contribution in [3.05, 3.63) is 47.5 Å². The summed E-state index contributed by atoms with van der Waals surface area (Å²) in [5, 5.41) is 0.772. The molecule has 28 heavy (non-hydrogen) atoms. The molecule has 4 heterocycles. The number of hydrogen-bond donors (Lipinski definition) is 0. The molecule has 7 heteroatoms. The summed E-state index contributed by atoms with van der Waals surface area (Å²) in [7, 11) is 0. The van der Waals surface area contributed by atoms with Gasteiger partial charge in [0.05, 0.1) is 11.4 Å². The van der Waals surface area contributed by atoms with Crippen LogP contribution in [0.2, 0.25) is 0 Å². The van der Waals surface area contributed by atoms with E-state index in [1.807, 2.05) is 29.3 Å². The summed E-state index contributed by atoms with van der Waals surface area (Å²) >= 11 is 1.60. The van der Waals surface area contributed by atoms with Crippen molar-refractivity contribution in [2.24, 2.45) is 0 Å². The van der Waals surface area contributed by atoms with E-state index in [4.69, 9.17) is 9.72 Å². The van der Waals surface area contributed by atoms with Crippen molar-refractivity contribution in [3.63, 3.8) is 0 Å². The zero-order chi connectivity index (χ0) is 19.3. The van der Waals surface area contributed by atoms with E-state index in [1.54, 1.807) is 18.0 Å². The summed E-state index contributed by atoms with van der Waals surface area (Å²) in [5.41, 5.74) is 3.19. The van der Waals surface area contributed by atoms with Crippen LogP contribution in [0.4, 0.5) is 0 Å². The molecule has 0 aromatic carbocycles. The Morgan fingerprint density at radius 3 is 3.00 bits per heavy atom. The SMILES string of the molecule is Cc1cnc(SCc2ccccn2)nc1C1CCCN(C(=O)C2CCCO2)C1. The second-order valence-corrected chi connectivity index (χ2v) is 8.40. The average Bonchev–Trinajstić information content (AvgIpc) is 3.28. The highest BCUT2D eigenvalue weighted by Gasteiger charge is 2.32. The summed E-state index contributed by atoms with van der Waals surface area (Å²) in [6, 6.07) is 5.92. The van der Waals surface area contributed by atoms with Crippen LogP contribution < -0.4 is 0 Å². The molecule has 0 spiro atoms. The van der Waals surface area contributed by atoms with Crippen molar-refractivity contribution in [2.45, 2.75) is 55.5 Å². The van der Waals surface area contributed by atoms with E-state index < -0.39 is 0 Å². The molecule has 2 unspecified atom stereocenters. The summed E-state index contributed by atoms with van der Waals surface area (Å²) in [5.74, 6) is 1.16. The van der Waals surface area contributed by atoms with Crippen LogP contribution in [0.5, 0.6) is 0 Å². The van der Waals surface area contributed by atoms with Crippen LogP contribution in [0.15, 0.2) is 35.7 Å². The Kier molecular flexibility index (Phi) is 6.22. The first kappa shape index (κ1) is 19.3. The van der Waals surface area contributed by atoms with E-state index in [-0.39, 0.29) is 17.9 Å². The van der Waals surface area contributed by atoms with Gasteiger partial charge in [-0.3, -0.25) is 9.78 Å². The summed E-state index contributed by atoms with van der Waals surface area (Å²) in [6.45, 7) is 4.31. The normalized spacial score (nSPS) is 22.4. The van der Waals surface area contributed by atoms with Gasteiger partial charge in [0.1, 0.15) is 6.10 Å². The van der Waals surface area contributed by atoms with Crippen LogP contribution in [-0.4, -0.2) is 51.6 Å². The minimum Gasteiger partial charge on any atom is -0.368 e. The number of aromatic nitrogens is 3. The first-order valence-corrected chi connectivity index (χ1v) is 11.0. The Labute approximate surface area is 170 Å². The molecule has 0 aliphatic carbocycles. The summed E-state index contributed by atoms with van der Waals surface area (Å²) < 4.78 is 5.60. The Morgan fingerprint density at radius 2 is 2.21 bits per heavy atom. The molecule has 1 amide bonds. The monoisotopic (exact) mass is 398 g/mol. The highest BCUT2D eigenvalue weighted by molar-refractivity contribution is 7.98. The smallest absolute Gasteiger partial charge is 0.251 e. The van der Waals surface area contributed by atoms with Gasteiger partial charge in [0.15, 0.2) is 5.16 Å². The fraction of sp³-hybridized carbons (Fsp3) is 0.524. The second-order valence-electron chi connectivity index (χ2n) is 7.46. The number of pyridine rings is 1. The van der Waals surface area contributed by atoms with E-state index in [2.05, 4.69) is 16.9 Å². The molecule has 0 radical (unpaired) electrons. The second kappa shape index (κ2) is 9.01. The van der Waals surface area contributed by atoms with Gasteiger partial charge in [0.25, 0.3) is 5.91 Å². The lowest BCUT2D eigenvalue weighted by atomic mass is 9.92. The van der Waals surface area contributed by atoms with Gasteiger partial charge in [-0.1, -0.05) is 17.8 Å². The quantitative estimate of drug-likeness (QED) is 0.568. The Hall–Kier alpha value is -1.99. The number of amides is 1. The third-order valence-corrected chi connectivity index (χ3v) is 6.28. The predicted octanol–water partition coefficient (Wildman–Crippen LogP) is 3.36. The molecule has 2 atom stereocenters. The lowest BCUT2D eigenvalue weighted by Crippen LogP contribution is -2.44. The van der Waals surface area contributed by atoms with Crippen LogP contribution in [-0.2, 0) is 15.3 Å². The molecule has 2 aliphatic rings. The maximum atomic E-state index is 12.7. The molecule has 4 rings (SSSR count). The third-order valence-electron chi connectivity index (χ3n) is 5.39. The number of rotatable bonds is 5. The van der Waals surface area contributed by atoms with Crippen molar-refractivity contribution in [2.75, 3.05) is 19.7 Å². The number of aryl methyl sites for hydroxylation is 1. The van der Waals surface area contributed by atoms with E-state index in [0.717, 1.165) is 66.6 Å². The highest BCUT2D eigenvalue weighted by atomic mass is 32.2. The molecule has 2 fully saturated rings. The van der Waals surface area contributed by atoms with E-state index in [1.165, 1.54) is 0 Å². The Bertz CT molecular complexity index is 811. The van der Waals surface area contributed by atoms with Gasteiger partial charge in [0.2, 0.25) is 0 Å². The number of likely N-dealkylation sites (tertiary alicyclic amines) is 1. The van der Waals surface area contributed by atoms with Gasteiger partial charge >= 0.3 is 0 Å². The molecule has 2 aromatic heterocycles. The molecular weight excluding hydrogens is 372 g/mol. The number of piperidine rings is 1. The third kappa shape index (κ3) is 4.52. The van der Waals surface area contributed by atoms with Crippen LogP contribution in [0.3, 0.4) is 0 Å². The number of carbonyl (C=O) groups excluding carboxylic acids is 1. The van der Waals surface area contributed by atoms with Gasteiger partial charge in [-0.2, -0.15) is 0 Å². The number of ether oxygens (including phenoxy) is 1. The lowest BCUT2D eigenvalue weighted by Gasteiger charge is -2.34. The first-order valence-electron chi connectivity index (χ1n) is 9.97. The van der Waals surface area contributed by atoms with Gasteiger partial charge in [-0.25, -0.2) is 9.97 Å². The standard InChI is InChI=1S/C21H26N4O2S/c1-15-12-23-21(28-14-17-7-2-3-9-22-17)24-19(15)16-6-4-10-25(13-16)20(26)18-8-5-11-27-18/h2-3,7,9,12,16,18H,4-6,8,10-11,13-14H2,1H3. The fourth-order valence-corrected chi connectivity index (χ4v) is 4.66. The zero-order valence-corrected chi connectivity index (χ0v) is 17.0. The molecule has 0 bridgehead atoms. The highest BCUT2D eigenvalue weighted by Crippen LogP contribution is 2.30. The predicted molar refractivity (Wildman–Crippen MR) is 108 cm³/mol. The molecule has 148 valence electrons. The molecule has 2 aliphatic heterocycles. The van der Waals surface area contributed by atoms with Gasteiger partial charge in [0, 0.05) is 43.8 Å². The van der Waals surface area contributed by atoms with Crippen molar-refractivity contribution in [1.82, 2.24) is 19.9 Å². The van der Waals surface area contributed by atoms with Crippen LogP contribution in [0.1, 0.15) is 48.6 Å².